The van der Waals surface area contributed by atoms with Gasteiger partial charge in [-0.05, 0) is 18.9 Å². The van der Waals surface area contributed by atoms with Crippen LogP contribution < -0.4 is 0 Å². The number of hydrogen-bond donors (Lipinski definition) is 0. The number of hydrogen-bond acceptors (Lipinski definition) is 2. The fourth-order valence-corrected chi connectivity index (χ4v) is 1.15. The van der Waals surface area contributed by atoms with Crippen LogP contribution in [0.2, 0.25) is 0 Å². The van der Waals surface area contributed by atoms with Gasteiger partial charge in [0.1, 0.15) is 0 Å². The Kier molecular flexibility index (Phi) is 9.49. The van der Waals surface area contributed by atoms with E-state index in [4.69, 9.17) is 9.47 Å². The molecule has 13 heavy (non-hydrogen) atoms. The summed E-state index contributed by atoms with van der Waals surface area (Å²) in [5.74, 6) is 0. The maximum Gasteiger partial charge on any atom is 0.176 e. The summed E-state index contributed by atoms with van der Waals surface area (Å²) in [7, 11) is 3.30. The fraction of sp³-hybridized carbons (Fsp3) is 0.818. The van der Waals surface area contributed by atoms with Crippen molar-refractivity contribution in [2.24, 2.45) is 0 Å². The Morgan fingerprint density at radius 2 is 1.77 bits per heavy atom. The topological polar surface area (TPSA) is 18.5 Å². The van der Waals surface area contributed by atoms with Gasteiger partial charge in [0.25, 0.3) is 0 Å². The van der Waals surface area contributed by atoms with Crippen molar-refractivity contribution in [1.82, 2.24) is 0 Å². The molecule has 0 fully saturated rings. The highest BCUT2D eigenvalue weighted by molar-refractivity contribution is 4.84. The zero-order valence-corrected chi connectivity index (χ0v) is 9.08. The minimum atomic E-state index is -0.175. The first kappa shape index (κ1) is 12.7. The Balaban J connectivity index is 3.28. The molecule has 0 amide bonds. The van der Waals surface area contributed by atoms with E-state index in [0.717, 1.165) is 6.42 Å². The quantitative estimate of drug-likeness (QED) is 0.329. The number of ether oxygens (including phenoxy) is 2. The number of methoxy groups -OCH3 is 2. The molecule has 0 N–H and O–H groups in total. The van der Waals surface area contributed by atoms with Crippen molar-refractivity contribution in [3.05, 3.63) is 12.2 Å². The zero-order chi connectivity index (χ0) is 9.94. The minimum absolute atomic E-state index is 0.175. The Morgan fingerprint density at radius 1 is 1.08 bits per heavy atom. The summed E-state index contributed by atoms with van der Waals surface area (Å²) in [5.41, 5.74) is 0. The molecule has 0 aliphatic carbocycles. The maximum atomic E-state index is 5.02. The van der Waals surface area contributed by atoms with Gasteiger partial charge in [-0.1, -0.05) is 32.3 Å². The smallest absolute Gasteiger partial charge is 0.176 e. The van der Waals surface area contributed by atoms with E-state index >= 15 is 0 Å². The first-order valence-corrected chi connectivity index (χ1v) is 5.07. The van der Waals surface area contributed by atoms with Gasteiger partial charge < -0.3 is 9.47 Å². The molecule has 0 unspecified atom stereocenters. The van der Waals surface area contributed by atoms with E-state index < -0.39 is 0 Å². The molecule has 0 spiro atoms. The van der Waals surface area contributed by atoms with Gasteiger partial charge in [-0.3, -0.25) is 0 Å². The Bertz CT molecular complexity index is 117. The lowest BCUT2D eigenvalue weighted by Gasteiger charge is -2.06. The van der Waals surface area contributed by atoms with E-state index in [-0.39, 0.29) is 6.29 Å². The van der Waals surface area contributed by atoms with Crippen molar-refractivity contribution >= 4 is 0 Å². The lowest BCUT2D eigenvalue weighted by atomic mass is 10.1. The molecule has 0 aliphatic rings. The van der Waals surface area contributed by atoms with Gasteiger partial charge in [-0.2, -0.15) is 0 Å². The molecule has 0 atom stereocenters. The third-order valence-electron chi connectivity index (χ3n) is 1.98. The third-order valence-corrected chi connectivity index (χ3v) is 1.98. The lowest BCUT2D eigenvalue weighted by molar-refractivity contribution is -0.0667. The number of allylic oxidation sites excluding steroid dienone is 1. The van der Waals surface area contributed by atoms with E-state index in [1.165, 1.54) is 25.7 Å². The third kappa shape index (κ3) is 8.00. The van der Waals surface area contributed by atoms with Crippen LogP contribution in [0.25, 0.3) is 0 Å². The molecular formula is C11H22O2. The molecule has 0 radical (unpaired) electrons. The molecule has 0 rings (SSSR count). The van der Waals surface area contributed by atoms with Crippen LogP contribution in [0.1, 0.15) is 39.0 Å². The van der Waals surface area contributed by atoms with E-state index in [9.17, 15) is 0 Å². The van der Waals surface area contributed by atoms with Gasteiger partial charge in [0, 0.05) is 14.2 Å². The summed E-state index contributed by atoms with van der Waals surface area (Å²) in [6.07, 6.45) is 10.3. The van der Waals surface area contributed by atoms with E-state index in [1.807, 2.05) is 6.08 Å². The van der Waals surface area contributed by atoms with Gasteiger partial charge in [-0.15, -0.1) is 0 Å². The first-order chi connectivity index (χ1) is 6.35. The largest absolute Gasteiger partial charge is 0.352 e. The first-order valence-electron chi connectivity index (χ1n) is 5.07. The molecule has 0 saturated heterocycles. The normalized spacial score (nSPS) is 11.7. The molecular weight excluding hydrogens is 164 g/mol. The zero-order valence-electron chi connectivity index (χ0n) is 9.08. The predicted octanol–water partition coefficient (Wildman–Crippen LogP) is 3.13. The van der Waals surface area contributed by atoms with Gasteiger partial charge in [-0.25, -0.2) is 0 Å². The second-order valence-electron chi connectivity index (χ2n) is 3.12. The molecule has 0 heterocycles. The predicted molar refractivity (Wildman–Crippen MR) is 55.7 cm³/mol. The van der Waals surface area contributed by atoms with Gasteiger partial charge in [0.2, 0.25) is 0 Å². The molecule has 2 nitrogen and oxygen atoms in total. The summed E-state index contributed by atoms with van der Waals surface area (Å²) in [6.45, 7) is 2.22. The molecule has 0 bridgehead atoms. The van der Waals surface area contributed by atoms with Crippen LogP contribution in [0, 0.1) is 0 Å². The lowest BCUT2D eigenvalue weighted by Crippen LogP contribution is -2.08. The van der Waals surface area contributed by atoms with Crippen molar-refractivity contribution in [2.45, 2.75) is 45.3 Å². The maximum absolute atomic E-state index is 5.02. The summed E-state index contributed by atoms with van der Waals surface area (Å²) >= 11 is 0. The second-order valence-corrected chi connectivity index (χ2v) is 3.12. The van der Waals surface area contributed by atoms with E-state index in [0.29, 0.717) is 0 Å². The molecule has 78 valence electrons. The second kappa shape index (κ2) is 9.75. The average Bonchev–Trinajstić information content (AvgIpc) is 2.17. The standard InChI is InChI=1S/C11H22O2/c1-4-5-6-7-8-9-10-11(12-2)13-3/h9-11H,4-8H2,1-3H3. The Hall–Kier alpha value is -0.340. The van der Waals surface area contributed by atoms with Crippen LogP contribution in [0.5, 0.6) is 0 Å². The van der Waals surface area contributed by atoms with Crippen molar-refractivity contribution in [1.29, 1.82) is 0 Å². The van der Waals surface area contributed by atoms with Gasteiger partial charge in [0.15, 0.2) is 6.29 Å². The highest BCUT2D eigenvalue weighted by Gasteiger charge is 1.95. The fourth-order valence-electron chi connectivity index (χ4n) is 1.15. The van der Waals surface area contributed by atoms with Crippen LogP contribution in [-0.2, 0) is 9.47 Å². The molecule has 0 aromatic carbocycles. The molecule has 0 aromatic rings. The highest BCUT2D eigenvalue weighted by Crippen LogP contribution is 2.03. The monoisotopic (exact) mass is 186 g/mol. The van der Waals surface area contributed by atoms with Crippen LogP contribution in [0.3, 0.4) is 0 Å². The summed E-state index contributed by atoms with van der Waals surface area (Å²) in [5, 5.41) is 0. The SMILES string of the molecule is CCCCCCC=CC(OC)OC. The number of rotatable bonds is 8. The molecule has 2 heteroatoms. The van der Waals surface area contributed by atoms with Crippen LogP contribution in [-0.4, -0.2) is 20.5 Å². The molecule has 0 saturated carbocycles. The van der Waals surface area contributed by atoms with Crippen molar-refractivity contribution in [2.75, 3.05) is 14.2 Å². The Labute approximate surface area is 81.9 Å². The Morgan fingerprint density at radius 3 is 2.31 bits per heavy atom. The highest BCUT2D eigenvalue weighted by atomic mass is 16.7. The van der Waals surface area contributed by atoms with Crippen LogP contribution >= 0.6 is 0 Å². The number of unbranched alkanes of at least 4 members (excludes halogenated alkanes) is 4. The summed E-state index contributed by atoms with van der Waals surface area (Å²) in [4.78, 5) is 0. The van der Waals surface area contributed by atoms with Crippen molar-refractivity contribution in [3.8, 4) is 0 Å². The molecule has 0 aromatic heterocycles. The van der Waals surface area contributed by atoms with E-state index in [1.54, 1.807) is 14.2 Å². The van der Waals surface area contributed by atoms with Gasteiger partial charge >= 0.3 is 0 Å². The van der Waals surface area contributed by atoms with Crippen LogP contribution in [0.4, 0.5) is 0 Å². The van der Waals surface area contributed by atoms with E-state index in [2.05, 4.69) is 13.0 Å². The van der Waals surface area contributed by atoms with Crippen molar-refractivity contribution < 1.29 is 9.47 Å². The molecule has 0 aliphatic heterocycles. The summed E-state index contributed by atoms with van der Waals surface area (Å²) in [6, 6.07) is 0. The minimum Gasteiger partial charge on any atom is -0.352 e. The van der Waals surface area contributed by atoms with Crippen LogP contribution in [0.15, 0.2) is 12.2 Å². The van der Waals surface area contributed by atoms with Crippen molar-refractivity contribution in [3.63, 3.8) is 0 Å². The average molecular weight is 186 g/mol. The summed E-state index contributed by atoms with van der Waals surface area (Å²) < 4.78 is 10.0. The van der Waals surface area contributed by atoms with Gasteiger partial charge in [0.05, 0.1) is 0 Å².